The zero-order valence-electron chi connectivity index (χ0n) is 6.55. The Kier molecular flexibility index (Phi) is 25.8. The maximum absolute atomic E-state index is 8.93. The van der Waals surface area contributed by atoms with Crippen molar-refractivity contribution in [2.24, 2.45) is 0 Å². The van der Waals surface area contributed by atoms with Gasteiger partial charge in [0.15, 0.2) is 0 Å². The molecule has 0 aromatic rings. The van der Waals surface area contributed by atoms with Crippen molar-refractivity contribution in [2.75, 3.05) is 0 Å². The molecule has 0 bridgehead atoms. The molecule has 0 rings (SSSR count). The van der Waals surface area contributed by atoms with Gasteiger partial charge in [0, 0.05) is 0 Å². The Morgan fingerprint density at radius 3 is 1.00 bits per heavy atom. The number of carboxylic acid groups (broad SMARTS) is 2. The number of rotatable bonds is 0. The Hall–Kier alpha value is 0.0797. The average molecular weight is 164 g/mol. The largest absolute Gasteiger partial charge is 1.00 e. The van der Waals surface area contributed by atoms with Gasteiger partial charge in [0.25, 0.3) is 0 Å². The van der Waals surface area contributed by atoms with Crippen LogP contribution in [0, 0.1) is 0 Å². The Balaban J connectivity index is -0.0000000483. The summed E-state index contributed by atoms with van der Waals surface area (Å²) >= 11 is 0. The van der Waals surface area contributed by atoms with Gasteiger partial charge in [0.1, 0.15) is 0 Å². The van der Waals surface area contributed by atoms with E-state index in [1.54, 1.807) is 0 Å². The average Bonchev–Trinajstić information content (AvgIpc) is 1.63. The number of hydrogen-bond acceptors (Lipinski definition) is 7. The molecule has 7 nitrogen and oxygen atoms in total. The SMILES string of the molecule is O=C([O-])C(=O)[O-].OB(O)O.[Li+].[Li+]. The van der Waals surface area contributed by atoms with Crippen LogP contribution in [-0.4, -0.2) is 34.3 Å². The summed E-state index contributed by atoms with van der Waals surface area (Å²) in [5, 5.41) is 39.4. The van der Waals surface area contributed by atoms with Crippen molar-refractivity contribution in [3.05, 3.63) is 0 Å². The number of carbonyl (C=O) groups excluding carboxylic acids is 2. The quantitative estimate of drug-likeness (QED) is 0.238. The maximum Gasteiger partial charge on any atom is 1.00 e. The van der Waals surface area contributed by atoms with Gasteiger partial charge in [-0.2, -0.15) is 0 Å². The van der Waals surface area contributed by atoms with Crippen LogP contribution in [0.25, 0.3) is 0 Å². The van der Waals surface area contributed by atoms with Crippen LogP contribution in [0.4, 0.5) is 0 Å². The fraction of sp³-hybridized carbons (Fsp3) is 0. The molecule has 0 aromatic heterocycles. The zero-order chi connectivity index (χ0) is 8.73. The molecule has 0 aromatic carbocycles. The molecule has 0 aliphatic rings. The van der Waals surface area contributed by atoms with Crippen LogP contribution in [0.1, 0.15) is 0 Å². The van der Waals surface area contributed by atoms with Crippen molar-refractivity contribution in [3.63, 3.8) is 0 Å². The molecule has 10 heteroatoms. The van der Waals surface area contributed by atoms with Gasteiger partial charge in [-0.15, -0.1) is 0 Å². The Morgan fingerprint density at radius 1 is 0.917 bits per heavy atom. The van der Waals surface area contributed by atoms with Gasteiger partial charge in [0.05, 0.1) is 11.9 Å². The molecule has 0 atom stereocenters. The predicted octanol–water partition coefficient (Wildman–Crippen LogP) is -11.6. The summed E-state index contributed by atoms with van der Waals surface area (Å²) in [5.41, 5.74) is 0. The molecule has 0 spiro atoms. The van der Waals surface area contributed by atoms with E-state index in [1.807, 2.05) is 0 Å². The Labute approximate surface area is 91.9 Å². The molecule has 0 amide bonds. The van der Waals surface area contributed by atoms with Gasteiger partial charge in [-0.05, 0) is 0 Å². The Bertz CT molecular complexity index is 112. The van der Waals surface area contributed by atoms with Gasteiger partial charge in [-0.25, -0.2) is 0 Å². The van der Waals surface area contributed by atoms with Crippen LogP contribution in [-0.2, 0) is 9.59 Å². The van der Waals surface area contributed by atoms with Gasteiger partial charge in [-0.1, -0.05) is 0 Å². The summed E-state index contributed by atoms with van der Waals surface area (Å²) in [7, 11) is -2.17. The van der Waals surface area contributed by atoms with Crippen LogP contribution in [0.15, 0.2) is 0 Å². The fourth-order valence-corrected chi connectivity index (χ4v) is 0. The van der Waals surface area contributed by atoms with Crippen LogP contribution in [0.2, 0.25) is 0 Å². The summed E-state index contributed by atoms with van der Waals surface area (Å²) in [5.74, 6) is -4.37. The van der Waals surface area contributed by atoms with E-state index >= 15 is 0 Å². The molecule has 0 saturated carbocycles. The molecule has 0 aliphatic heterocycles. The molecule has 0 heterocycles. The van der Waals surface area contributed by atoms with Crippen LogP contribution < -0.4 is 47.9 Å². The van der Waals surface area contributed by atoms with Crippen molar-refractivity contribution >= 4 is 19.3 Å². The Morgan fingerprint density at radius 2 is 1.00 bits per heavy atom. The second kappa shape index (κ2) is 13.7. The minimum Gasteiger partial charge on any atom is -0.543 e. The molecular formula is C2H3BLi2O7. The predicted molar refractivity (Wildman–Crippen MR) is 22.4 cm³/mol. The molecule has 0 aliphatic carbocycles. The number of aliphatic carboxylic acids is 2. The smallest absolute Gasteiger partial charge is 0.543 e. The van der Waals surface area contributed by atoms with Crippen molar-refractivity contribution in [2.45, 2.75) is 0 Å². The van der Waals surface area contributed by atoms with E-state index in [0.29, 0.717) is 0 Å². The van der Waals surface area contributed by atoms with E-state index in [1.165, 1.54) is 0 Å². The van der Waals surface area contributed by atoms with E-state index in [2.05, 4.69) is 0 Å². The summed E-state index contributed by atoms with van der Waals surface area (Å²) in [6.45, 7) is 0. The summed E-state index contributed by atoms with van der Waals surface area (Å²) in [6.07, 6.45) is 0. The van der Waals surface area contributed by atoms with Gasteiger partial charge in [-0.3, -0.25) is 0 Å². The molecule has 0 saturated heterocycles. The summed E-state index contributed by atoms with van der Waals surface area (Å²) in [4.78, 5) is 17.9. The van der Waals surface area contributed by atoms with Crippen LogP contribution in [0.3, 0.4) is 0 Å². The number of hydrogen-bond donors (Lipinski definition) is 3. The van der Waals surface area contributed by atoms with Crippen LogP contribution >= 0.6 is 0 Å². The zero-order valence-corrected chi connectivity index (χ0v) is 6.55. The monoisotopic (exact) mass is 164 g/mol. The minimum atomic E-state index is -2.19. The number of carbonyl (C=O) groups is 2. The third-order valence-corrected chi connectivity index (χ3v) is 0.167. The van der Waals surface area contributed by atoms with E-state index in [4.69, 9.17) is 34.9 Å². The first kappa shape index (κ1) is 22.7. The summed E-state index contributed by atoms with van der Waals surface area (Å²) in [6, 6.07) is 0. The molecule has 58 valence electrons. The van der Waals surface area contributed by atoms with Crippen molar-refractivity contribution in [1.82, 2.24) is 0 Å². The van der Waals surface area contributed by atoms with E-state index in [9.17, 15) is 0 Å². The van der Waals surface area contributed by atoms with Gasteiger partial charge < -0.3 is 34.9 Å². The molecule has 0 radical (unpaired) electrons. The van der Waals surface area contributed by atoms with Gasteiger partial charge in [0.2, 0.25) is 0 Å². The van der Waals surface area contributed by atoms with Crippen molar-refractivity contribution < 1.29 is 72.6 Å². The standard InChI is InChI=1S/C2H2O4.BH3O3.2Li/c3-1(4)2(5)6;2-1(3)4;;/h(H,3,4)(H,5,6);2-4H;;/q;;2*+1/p-2. The first-order chi connectivity index (χ1) is 4.37. The first-order valence-electron chi connectivity index (χ1n) is 1.84. The topological polar surface area (TPSA) is 141 Å². The molecular weight excluding hydrogens is 161 g/mol. The summed E-state index contributed by atoms with van der Waals surface area (Å²) < 4.78 is 0. The van der Waals surface area contributed by atoms with Crippen molar-refractivity contribution in [3.8, 4) is 0 Å². The van der Waals surface area contributed by atoms with Crippen molar-refractivity contribution in [1.29, 1.82) is 0 Å². The van der Waals surface area contributed by atoms with E-state index in [0.717, 1.165) is 0 Å². The van der Waals surface area contributed by atoms with Crippen LogP contribution in [0.5, 0.6) is 0 Å². The minimum absolute atomic E-state index is 0. The van der Waals surface area contributed by atoms with Gasteiger partial charge >= 0.3 is 45.0 Å². The normalized spacial score (nSPS) is 5.92. The second-order valence-electron chi connectivity index (χ2n) is 0.921. The maximum atomic E-state index is 8.93. The fourth-order valence-electron chi connectivity index (χ4n) is 0. The number of carboxylic acids is 2. The third kappa shape index (κ3) is 49.9. The van der Waals surface area contributed by atoms with E-state index in [-0.39, 0.29) is 37.7 Å². The molecule has 3 N–H and O–H groups in total. The first-order valence-corrected chi connectivity index (χ1v) is 1.84. The molecule has 0 unspecified atom stereocenters. The van der Waals surface area contributed by atoms with E-state index < -0.39 is 19.3 Å². The third-order valence-electron chi connectivity index (χ3n) is 0.167. The molecule has 0 fully saturated rings. The molecule has 12 heavy (non-hydrogen) atoms. The second-order valence-corrected chi connectivity index (χ2v) is 0.921.